The molecule has 0 atom stereocenters. The second-order valence-corrected chi connectivity index (χ2v) is 3.19. The van der Waals surface area contributed by atoms with E-state index in [1.54, 1.807) is 17.0 Å². The minimum absolute atomic E-state index is 0.0408. The number of aryl methyl sites for hydroxylation is 2. The zero-order valence-corrected chi connectivity index (χ0v) is 7.81. The Morgan fingerprint density at radius 1 is 1.21 bits per heavy atom. The van der Waals surface area contributed by atoms with Crippen molar-refractivity contribution in [3.63, 3.8) is 0 Å². The molecule has 2 rings (SSSR count). The molecule has 1 aromatic carbocycles. The Labute approximate surface area is 82.0 Å². The van der Waals surface area contributed by atoms with Gasteiger partial charge in [0.1, 0.15) is 0 Å². The number of nitrogens with one attached hydrogen (secondary N) is 1. The number of hydrogen-bond acceptors (Lipinski definition) is 1. The minimum Gasteiger partial charge on any atom is -0.313 e. The largest absolute Gasteiger partial charge is 0.325 e. The average Bonchev–Trinajstić information content (AvgIpc) is 2.63. The van der Waals surface area contributed by atoms with Crippen molar-refractivity contribution >= 4 is 0 Å². The van der Waals surface area contributed by atoms with Gasteiger partial charge >= 0.3 is 5.69 Å². The third kappa shape index (κ3) is 1.93. The summed E-state index contributed by atoms with van der Waals surface area (Å²) in [7, 11) is 0. The highest BCUT2D eigenvalue weighted by atomic mass is 16.1. The maximum absolute atomic E-state index is 11.1. The van der Waals surface area contributed by atoms with Gasteiger partial charge in [-0.25, -0.2) is 4.79 Å². The van der Waals surface area contributed by atoms with E-state index in [2.05, 4.69) is 17.1 Å². The Morgan fingerprint density at radius 3 is 2.64 bits per heavy atom. The van der Waals surface area contributed by atoms with Crippen LogP contribution in [-0.2, 0) is 13.0 Å². The van der Waals surface area contributed by atoms with E-state index in [-0.39, 0.29) is 5.69 Å². The van der Waals surface area contributed by atoms with Crippen molar-refractivity contribution in [1.29, 1.82) is 0 Å². The predicted molar refractivity (Wildman–Crippen MR) is 55.2 cm³/mol. The van der Waals surface area contributed by atoms with Gasteiger partial charge in [-0.1, -0.05) is 30.3 Å². The van der Waals surface area contributed by atoms with Crippen LogP contribution in [0.15, 0.2) is 47.5 Å². The maximum Gasteiger partial charge on any atom is 0.325 e. The third-order valence-corrected chi connectivity index (χ3v) is 2.21. The normalized spacial score (nSPS) is 10.3. The standard InChI is InChI=1S/C11H12N2O/c14-11-12-7-9-13(11)8-6-10-4-2-1-3-5-10/h1-5,7,9H,6,8H2,(H,12,14). The Balaban J connectivity index is 2.02. The zero-order valence-electron chi connectivity index (χ0n) is 7.81. The maximum atomic E-state index is 11.1. The summed E-state index contributed by atoms with van der Waals surface area (Å²) < 4.78 is 1.67. The Bertz CT molecular complexity index is 442. The number of nitrogens with zero attached hydrogens (tertiary/aromatic N) is 1. The third-order valence-electron chi connectivity index (χ3n) is 2.21. The van der Waals surface area contributed by atoms with Crippen molar-refractivity contribution in [2.75, 3.05) is 0 Å². The molecule has 0 saturated heterocycles. The molecule has 0 radical (unpaired) electrons. The molecule has 2 aromatic rings. The van der Waals surface area contributed by atoms with E-state index in [4.69, 9.17) is 0 Å². The molecule has 3 heteroatoms. The molecule has 0 amide bonds. The lowest BCUT2D eigenvalue weighted by Gasteiger charge is -2.00. The van der Waals surface area contributed by atoms with Gasteiger partial charge in [0.25, 0.3) is 0 Å². The van der Waals surface area contributed by atoms with Crippen LogP contribution in [0.4, 0.5) is 0 Å². The van der Waals surface area contributed by atoms with Crippen molar-refractivity contribution in [1.82, 2.24) is 9.55 Å². The number of imidazole rings is 1. The predicted octanol–water partition coefficient (Wildman–Crippen LogP) is 1.42. The number of hydrogen-bond donors (Lipinski definition) is 1. The zero-order chi connectivity index (χ0) is 9.80. The van der Waals surface area contributed by atoms with Crippen LogP contribution in [0.25, 0.3) is 0 Å². The van der Waals surface area contributed by atoms with Crippen LogP contribution in [0.2, 0.25) is 0 Å². The summed E-state index contributed by atoms with van der Waals surface area (Å²) in [6.07, 6.45) is 4.32. The summed E-state index contributed by atoms with van der Waals surface area (Å²) in [6.45, 7) is 0.729. The van der Waals surface area contributed by atoms with Crippen molar-refractivity contribution < 1.29 is 0 Å². The average molecular weight is 188 g/mol. The highest BCUT2D eigenvalue weighted by Crippen LogP contribution is 2.00. The van der Waals surface area contributed by atoms with Gasteiger partial charge in [-0.2, -0.15) is 0 Å². The van der Waals surface area contributed by atoms with E-state index in [9.17, 15) is 4.79 Å². The number of benzene rings is 1. The smallest absolute Gasteiger partial charge is 0.313 e. The number of aromatic amines is 1. The topological polar surface area (TPSA) is 37.8 Å². The van der Waals surface area contributed by atoms with Crippen LogP contribution in [0, 0.1) is 0 Å². The summed E-state index contributed by atoms with van der Waals surface area (Å²) in [5.74, 6) is 0. The molecule has 0 unspecified atom stereocenters. The van der Waals surface area contributed by atoms with E-state index in [1.165, 1.54) is 5.56 Å². The first-order valence-electron chi connectivity index (χ1n) is 4.64. The van der Waals surface area contributed by atoms with Crippen LogP contribution in [-0.4, -0.2) is 9.55 Å². The van der Waals surface area contributed by atoms with E-state index in [0.717, 1.165) is 13.0 Å². The fourth-order valence-corrected chi connectivity index (χ4v) is 1.42. The molecule has 0 bridgehead atoms. The summed E-state index contributed by atoms with van der Waals surface area (Å²) in [6, 6.07) is 10.1. The molecule has 0 aliphatic carbocycles. The van der Waals surface area contributed by atoms with Gasteiger partial charge in [-0.15, -0.1) is 0 Å². The van der Waals surface area contributed by atoms with Crippen LogP contribution >= 0.6 is 0 Å². The fraction of sp³-hybridized carbons (Fsp3) is 0.182. The SMILES string of the molecule is O=c1[nH]ccn1CCc1ccccc1. The molecule has 0 aliphatic rings. The molecule has 1 N–H and O–H groups in total. The van der Waals surface area contributed by atoms with Gasteiger partial charge in [-0.05, 0) is 12.0 Å². The van der Waals surface area contributed by atoms with Crippen LogP contribution < -0.4 is 5.69 Å². The first-order valence-corrected chi connectivity index (χ1v) is 4.64. The first-order chi connectivity index (χ1) is 6.86. The van der Waals surface area contributed by atoms with Gasteiger partial charge in [0.2, 0.25) is 0 Å². The lowest BCUT2D eigenvalue weighted by atomic mass is 10.1. The summed E-state index contributed by atoms with van der Waals surface area (Å²) in [4.78, 5) is 13.8. The van der Waals surface area contributed by atoms with Crippen molar-refractivity contribution in [2.24, 2.45) is 0 Å². The van der Waals surface area contributed by atoms with Crippen LogP contribution in [0.5, 0.6) is 0 Å². The van der Waals surface area contributed by atoms with E-state index in [0.29, 0.717) is 0 Å². The van der Waals surface area contributed by atoms with Crippen LogP contribution in [0.3, 0.4) is 0 Å². The van der Waals surface area contributed by atoms with E-state index < -0.39 is 0 Å². The number of aromatic nitrogens is 2. The van der Waals surface area contributed by atoms with Gasteiger partial charge in [0, 0.05) is 18.9 Å². The van der Waals surface area contributed by atoms with Gasteiger partial charge in [-0.3, -0.25) is 4.57 Å². The molecule has 1 aromatic heterocycles. The molecule has 3 nitrogen and oxygen atoms in total. The fourth-order valence-electron chi connectivity index (χ4n) is 1.42. The van der Waals surface area contributed by atoms with Crippen LogP contribution in [0.1, 0.15) is 5.56 Å². The second kappa shape index (κ2) is 3.96. The highest BCUT2D eigenvalue weighted by Gasteiger charge is 1.96. The van der Waals surface area contributed by atoms with Gasteiger partial charge < -0.3 is 4.98 Å². The molecule has 0 spiro atoms. The minimum atomic E-state index is -0.0408. The van der Waals surface area contributed by atoms with Gasteiger partial charge in [0.05, 0.1) is 0 Å². The van der Waals surface area contributed by atoms with Gasteiger partial charge in [0.15, 0.2) is 0 Å². The molecule has 72 valence electrons. The molecule has 0 aliphatic heterocycles. The van der Waals surface area contributed by atoms with Crippen molar-refractivity contribution in [3.8, 4) is 0 Å². The Hall–Kier alpha value is -1.77. The molecular weight excluding hydrogens is 176 g/mol. The Kier molecular flexibility index (Phi) is 2.49. The number of H-pyrrole nitrogens is 1. The monoisotopic (exact) mass is 188 g/mol. The summed E-state index contributed by atoms with van der Waals surface area (Å²) in [5.41, 5.74) is 1.21. The first kappa shape index (κ1) is 8.81. The summed E-state index contributed by atoms with van der Waals surface area (Å²) >= 11 is 0. The van der Waals surface area contributed by atoms with Crippen molar-refractivity contribution in [2.45, 2.75) is 13.0 Å². The molecule has 14 heavy (non-hydrogen) atoms. The number of rotatable bonds is 3. The molecule has 1 heterocycles. The molecular formula is C11H12N2O. The molecule has 0 fully saturated rings. The second-order valence-electron chi connectivity index (χ2n) is 3.19. The Morgan fingerprint density at radius 2 is 2.00 bits per heavy atom. The lowest BCUT2D eigenvalue weighted by Crippen LogP contribution is -2.17. The quantitative estimate of drug-likeness (QED) is 0.777. The highest BCUT2D eigenvalue weighted by molar-refractivity contribution is 5.14. The summed E-state index contributed by atoms with van der Waals surface area (Å²) in [5, 5.41) is 0. The molecule has 0 saturated carbocycles. The van der Waals surface area contributed by atoms with E-state index in [1.807, 2.05) is 18.2 Å². The van der Waals surface area contributed by atoms with E-state index >= 15 is 0 Å². The van der Waals surface area contributed by atoms with Crippen molar-refractivity contribution in [3.05, 3.63) is 58.8 Å². The lowest BCUT2D eigenvalue weighted by molar-refractivity contribution is 0.672.